The lowest BCUT2D eigenvalue weighted by atomic mass is 10.1. The van der Waals surface area contributed by atoms with E-state index in [9.17, 15) is 9.59 Å². The van der Waals surface area contributed by atoms with Gasteiger partial charge in [-0.15, -0.1) is 0 Å². The van der Waals surface area contributed by atoms with Crippen LogP contribution in [0.3, 0.4) is 0 Å². The van der Waals surface area contributed by atoms with Gasteiger partial charge < -0.3 is 19.7 Å². The van der Waals surface area contributed by atoms with E-state index in [1.165, 1.54) is 0 Å². The van der Waals surface area contributed by atoms with Crippen LogP contribution in [-0.4, -0.2) is 25.5 Å². The molecule has 1 unspecified atom stereocenters. The van der Waals surface area contributed by atoms with Gasteiger partial charge in [0.1, 0.15) is 18.1 Å². The average Bonchev–Trinajstić information content (AvgIpc) is 3.21. The number of hydrogen-bond acceptors (Lipinski definition) is 4. The molecule has 1 heterocycles. The molecule has 0 aromatic heterocycles. The van der Waals surface area contributed by atoms with Crippen molar-refractivity contribution >= 4 is 34.8 Å². The number of anilines is 2. The summed E-state index contributed by atoms with van der Waals surface area (Å²) in [5, 5.41) is 3.59. The zero-order valence-electron chi connectivity index (χ0n) is 18.5. The molecule has 0 radical (unpaired) electrons. The highest BCUT2D eigenvalue weighted by Crippen LogP contribution is 2.34. The third kappa shape index (κ3) is 5.46. The summed E-state index contributed by atoms with van der Waals surface area (Å²) in [5.74, 6) is 0.585. The lowest BCUT2D eigenvalue weighted by Gasteiger charge is -2.20. The fraction of sp³-hybridized carbons (Fsp3) is 0.231. The maximum Gasteiger partial charge on any atom is 0.229 e. The molecule has 0 spiro atoms. The minimum Gasteiger partial charge on any atom is -0.495 e. The number of nitrogens with zero attached hydrogens (tertiary/aromatic N) is 1. The Hall–Kier alpha value is -3.51. The topological polar surface area (TPSA) is 67.9 Å². The van der Waals surface area contributed by atoms with Crippen molar-refractivity contribution in [3.8, 4) is 11.5 Å². The Morgan fingerprint density at radius 1 is 1.09 bits per heavy atom. The Balaban J connectivity index is 1.35. The summed E-state index contributed by atoms with van der Waals surface area (Å²) in [6, 6.07) is 20.3. The SMILES string of the molecule is COc1ccc(C)cc1N1CC(C(=O)Nc2ccc(OCc3ccc(Cl)cc3)cc2)CC1=O. The number of carbonyl (C=O) groups is 2. The van der Waals surface area contributed by atoms with Gasteiger partial charge in [0, 0.05) is 23.7 Å². The molecular formula is C26H25ClN2O4. The van der Waals surface area contributed by atoms with Crippen LogP contribution in [0.1, 0.15) is 17.5 Å². The molecule has 1 saturated heterocycles. The van der Waals surface area contributed by atoms with E-state index < -0.39 is 5.92 Å². The van der Waals surface area contributed by atoms with E-state index in [1.54, 1.807) is 36.3 Å². The number of nitrogens with one attached hydrogen (secondary N) is 1. The maximum absolute atomic E-state index is 12.8. The molecule has 1 aliphatic heterocycles. The lowest BCUT2D eigenvalue weighted by molar-refractivity contribution is -0.122. The number of amides is 2. The van der Waals surface area contributed by atoms with Crippen LogP contribution in [0.15, 0.2) is 66.7 Å². The van der Waals surface area contributed by atoms with E-state index in [2.05, 4.69) is 5.32 Å². The highest BCUT2D eigenvalue weighted by molar-refractivity contribution is 6.30. The van der Waals surface area contributed by atoms with Gasteiger partial charge in [0.05, 0.1) is 18.7 Å². The monoisotopic (exact) mass is 464 g/mol. The molecule has 4 rings (SSSR count). The van der Waals surface area contributed by atoms with Crippen molar-refractivity contribution in [3.63, 3.8) is 0 Å². The number of halogens is 1. The van der Waals surface area contributed by atoms with Gasteiger partial charge in [0.25, 0.3) is 0 Å². The van der Waals surface area contributed by atoms with Crippen LogP contribution < -0.4 is 19.7 Å². The van der Waals surface area contributed by atoms with Crippen LogP contribution in [-0.2, 0) is 16.2 Å². The number of aryl methyl sites for hydroxylation is 1. The van der Waals surface area contributed by atoms with Gasteiger partial charge in [-0.1, -0.05) is 29.8 Å². The quantitative estimate of drug-likeness (QED) is 0.520. The highest BCUT2D eigenvalue weighted by Gasteiger charge is 2.36. The van der Waals surface area contributed by atoms with Crippen LogP contribution in [0.4, 0.5) is 11.4 Å². The van der Waals surface area contributed by atoms with Crippen LogP contribution >= 0.6 is 11.6 Å². The summed E-state index contributed by atoms with van der Waals surface area (Å²) in [7, 11) is 1.57. The normalized spacial score (nSPS) is 15.4. The number of ether oxygens (including phenoxy) is 2. The third-order valence-corrected chi connectivity index (χ3v) is 5.81. The van der Waals surface area contributed by atoms with Gasteiger partial charge in [0.15, 0.2) is 0 Å². The van der Waals surface area contributed by atoms with Crippen molar-refractivity contribution in [3.05, 3.63) is 82.9 Å². The first-order valence-electron chi connectivity index (χ1n) is 10.7. The van der Waals surface area contributed by atoms with Gasteiger partial charge >= 0.3 is 0 Å². The van der Waals surface area contributed by atoms with Crippen molar-refractivity contribution in [1.82, 2.24) is 0 Å². The van der Waals surface area contributed by atoms with E-state index in [-0.39, 0.29) is 18.2 Å². The second-order valence-electron chi connectivity index (χ2n) is 8.01. The number of hydrogen-bond donors (Lipinski definition) is 1. The minimum atomic E-state index is -0.441. The summed E-state index contributed by atoms with van der Waals surface area (Å²) >= 11 is 5.90. The zero-order valence-corrected chi connectivity index (χ0v) is 19.3. The maximum atomic E-state index is 12.8. The van der Waals surface area contributed by atoms with Crippen LogP contribution in [0.25, 0.3) is 0 Å². The molecule has 0 bridgehead atoms. The minimum absolute atomic E-state index is 0.0926. The van der Waals surface area contributed by atoms with Crippen LogP contribution in [0.5, 0.6) is 11.5 Å². The largest absolute Gasteiger partial charge is 0.495 e. The second kappa shape index (κ2) is 9.96. The summed E-state index contributed by atoms with van der Waals surface area (Å²) in [5.41, 5.74) is 3.38. The summed E-state index contributed by atoms with van der Waals surface area (Å²) in [6.07, 6.45) is 0.158. The van der Waals surface area contributed by atoms with Crippen molar-refractivity contribution in [1.29, 1.82) is 0 Å². The Labute approximate surface area is 198 Å². The second-order valence-corrected chi connectivity index (χ2v) is 8.45. The Morgan fingerprint density at radius 3 is 2.52 bits per heavy atom. The molecule has 3 aromatic rings. The Morgan fingerprint density at radius 2 is 1.82 bits per heavy atom. The molecule has 33 heavy (non-hydrogen) atoms. The predicted octanol–water partition coefficient (Wildman–Crippen LogP) is 5.23. The zero-order chi connectivity index (χ0) is 23.4. The van der Waals surface area contributed by atoms with Crippen molar-refractivity contribution in [2.45, 2.75) is 20.0 Å². The first-order chi connectivity index (χ1) is 15.9. The molecule has 0 aliphatic carbocycles. The van der Waals surface area contributed by atoms with Gasteiger partial charge in [-0.25, -0.2) is 0 Å². The third-order valence-electron chi connectivity index (χ3n) is 5.56. The molecule has 0 saturated carbocycles. The summed E-state index contributed by atoms with van der Waals surface area (Å²) in [4.78, 5) is 27.1. The van der Waals surface area contributed by atoms with E-state index in [0.29, 0.717) is 41.0 Å². The lowest BCUT2D eigenvalue weighted by Crippen LogP contribution is -2.28. The average molecular weight is 465 g/mol. The first kappa shape index (κ1) is 22.7. The van der Waals surface area contributed by atoms with Crippen molar-refractivity contribution in [2.24, 2.45) is 5.92 Å². The van der Waals surface area contributed by atoms with Gasteiger partial charge in [-0.3, -0.25) is 9.59 Å². The van der Waals surface area contributed by atoms with Crippen LogP contribution in [0, 0.1) is 12.8 Å². The van der Waals surface area contributed by atoms with E-state index in [1.807, 2.05) is 49.4 Å². The van der Waals surface area contributed by atoms with Crippen LogP contribution in [0.2, 0.25) is 5.02 Å². The molecule has 6 nitrogen and oxygen atoms in total. The summed E-state index contributed by atoms with van der Waals surface area (Å²) < 4.78 is 11.2. The molecule has 1 N–H and O–H groups in total. The highest BCUT2D eigenvalue weighted by atomic mass is 35.5. The van der Waals surface area contributed by atoms with Crippen molar-refractivity contribution in [2.75, 3.05) is 23.9 Å². The molecule has 7 heteroatoms. The Kier molecular flexibility index (Phi) is 6.84. The first-order valence-corrected chi connectivity index (χ1v) is 11.0. The van der Waals surface area contributed by atoms with E-state index in [4.69, 9.17) is 21.1 Å². The molecule has 1 atom stereocenters. The molecular weight excluding hydrogens is 440 g/mol. The number of rotatable bonds is 7. The van der Waals surface area contributed by atoms with E-state index in [0.717, 1.165) is 11.1 Å². The molecule has 1 fully saturated rings. The number of benzene rings is 3. The fourth-order valence-corrected chi connectivity index (χ4v) is 3.88. The number of carbonyl (C=O) groups excluding carboxylic acids is 2. The molecule has 170 valence electrons. The van der Waals surface area contributed by atoms with Gasteiger partial charge in [-0.05, 0) is 66.6 Å². The smallest absolute Gasteiger partial charge is 0.229 e. The number of methoxy groups -OCH3 is 1. The fourth-order valence-electron chi connectivity index (χ4n) is 3.75. The summed E-state index contributed by atoms with van der Waals surface area (Å²) in [6.45, 7) is 2.69. The van der Waals surface area contributed by atoms with E-state index >= 15 is 0 Å². The van der Waals surface area contributed by atoms with Gasteiger partial charge in [-0.2, -0.15) is 0 Å². The Bertz CT molecular complexity index is 1150. The molecule has 1 aliphatic rings. The van der Waals surface area contributed by atoms with Gasteiger partial charge in [0.2, 0.25) is 11.8 Å². The van der Waals surface area contributed by atoms with Crippen molar-refractivity contribution < 1.29 is 19.1 Å². The molecule has 3 aromatic carbocycles. The molecule has 2 amide bonds. The standard InChI is InChI=1S/C26H25ClN2O4/c1-17-3-12-24(32-2)23(13-17)29-15-19(14-25(29)30)26(31)28-21-8-10-22(11-9-21)33-16-18-4-6-20(27)7-5-18/h3-13,19H,14-16H2,1-2H3,(H,28,31). The predicted molar refractivity (Wildman–Crippen MR) is 129 cm³/mol.